The lowest BCUT2D eigenvalue weighted by Gasteiger charge is -2.28. The SMILES string of the molecule is CC(CC(=O)N1CCNCC1)Cc1ccc2c(c1)CCCC2. The van der Waals surface area contributed by atoms with Crippen molar-refractivity contribution in [1.29, 1.82) is 0 Å². The van der Waals surface area contributed by atoms with Crippen molar-refractivity contribution in [1.82, 2.24) is 10.2 Å². The summed E-state index contributed by atoms with van der Waals surface area (Å²) in [6, 6.07) is 6.98. The van der Waals surface area contributed by atoms with E-state index >= 15 is 0 Å². The van der Waals surface area contributed by atoms with Crippen LogP contribution in [0.15, 0.2) is 18.2 Å². The highest BCUT2D eigenvalue weighted by Crippen LogP contribution is 2.24. The monoisotopic (exact) mass is 300 g/mol. The Morgan fingerprint density at radius 3 is 2.68 bits per heavy atom. The predicted octanol–water partition coefficient (Wildman–Crippen LogP) is 2.57. The van der Waals surface area contributed by atoms with Gasteiger partial charge in [-0.05, 0) is 54.7 Å². The van der Waals surface area contributed by atoms with E-state index < -0.39 is 0 Å². The topological polar surface area (TPSA) is 32.3 Å². The molecule has 1 saturated heterocycles. The van der Waals surface area contributed by atoms with Gasteiger partial charge in [0.25, 0.3) is 0 Å². The van der Waals surface area contributed by atoms with Gasteiger partial charge in [-0.25, -0.2) is 0 Å². The van der Waals surface area contributed by atoms with Crippen LogP contribution in [0.25, 0.3) is 0 Å². The fourth-order valence-corrected chi connectivity index (χ4v) is 3.73. The summed E-state index contributed by atoms with van der Waals surface area (Å²) in [5.74, 6) is 0.746. The van der Waals surface area contributed by atoms with Gasteiger partial charge in [0.15, 0.2) is 0 Å². The van der Waals surface area contributed by atoms with Crippen LogP contribution in [0.3, 0.4) is 0 Å². The Morgan fingerprint density at radius 2 is 1.91 bits per heavy atom. The fraction of sp³-hybridized carbons (Fsp3) is 0.632. The third-order valence-corrected chi connectivity index (χ3v) is 4.99. The lowest BCUT2D eigenvalue weighted by atomic mass is 9.88. The quantitative estimate of drug-likeness (QED) is 0.927. The van der Waals surface area contributed by atoms with Gasteiger partial charge >= 0.3 is 0 Å². The zero-order valence-corrected chi connectivity index (χ0v) is 13.7. The number of hydrogen-bond donors (Lipinski definition) is 1. The summed E-state index contributed by atoms with van der Waals surface area (Å²) in [7, 11) is 0. The van der Waals surface area contributed by atoms with Crippen LogP contribution < -0.4 is 5.32 Å². The molecule has 3 heteroatoms. The molecular weight excluding hydrogens is 272 g/mol. The van der Waals surface area contributed by atoms with Gasteiger partial charge in [-0.2, -0.15) is 0 Å². The molecule has 1 amide bonds. The molecule has 1 atom stereocenters. The summed E-state index contributed by atoms with van der Waals surface area (Å²) in [5.41, 5.74) is 4.49. The van der Waals surface area contributed by atoms with Crippen molar-refractivity contribution in [2.45, 2.75) is 45.4 Å². The smallest absolute Gasteiger partial charge is 0.222 e. The van der Waals surface area contributed by atoms with Crippen molar-refractivity contribution in [3.05, 3.63) is 34.9 Å². The Morgan fingerprint density at radius 1 is 1.18 bits per heavy atom. The Bertz CT molecular complexity index is 520. The van der Waals surface area contributed by atoms with Crippen LogP contribution >= 0.6 is 0 Å². The highest BCUT2D eigenvalue weighted by molar-refractivity contribution is 5.76. The van der Waals surface area contributed by atoms with E-state index in [0.29, 0.717) is 18.2 Å². The predicted molar refractivity (Wildman–Crippen MR) is 90.0 cm³/mol. The molecule has 0 saturated carbocycles. The second-order valence-corrected chi connectivity index (χ2v) is 6.95. The standard InChI is InChI=1S/C19H28N2O/c1-15(13-19(22)21-10-8-20-9-11-21)12-16-6-7-17-4-2-3-5-18(17)14-16/h6-7,14-15,20H,2-5,8-13H2,1H3. The van der Waals surface area contributed by atoms with Gasteiger partial charge in [0.1, 0.15) is 0 Å². The molecule has 1 N–H and O–H groups in total. The number of fused-ring (bicyclic) bond motifs is 1. The minimum absolute atomic E-state index is 0.326. The number of amides is 1. The normalized spacial score (nSPS) is 19.6. The Labute approximate surface area is 134 Å². The largest absolute Gasteiger partial charge is 0.340 e. The van der Waals surface area contributed by atoms with Gasteiger partial charge in [-0.3, -0.25) is 4.79 Å². The first-order chi connectivity index (χ1) is 10.7. The van der Waals surface area contributed by atoms with E-state index in [1.165, 1.54) is 31.2 Å². The lowest BCUT2D eigenvalue weighted by molar-refractivity contribution is -0.132. The van der Waals surface area contributed by atoms with Crippen LogP contribution in [0.2, 0.25) is 0 Å². The van der Waals surface area contributed by atoms with Gasteiger partial charge in [-0.1, -0.05) is 25.1 Å². The number of carbonyl (C=O) groups is 1. The van der Waals surface area contributed by atoms with Crippen LogP contribution in [0.1, 0.15) is 42.9 Å². The third kappa shape index (κ3) is 3.89. The molecule has 1 aromatic rings. The zero-order valence-electron chi connectivity index (χ0n) is 13.7. The molecule has 120 valence electrons. The maximum Gasteiger partial charge on any atom is 0.222 e. The van der Waals surface area contributed by atoms with Crippen LogP contribution in [0, 0.1) is 5.92 Å². The molecule has 0 bridgehead atoms. The average Bonchev–Trinajstić information content (AvgIpc) is 2.55. The highest BCUT2D eigenvalue weighted by atomic mass is 16.2. The van der Waals surface area contributed by atoms with Crippen LogP contribution in [-0.4, -0.2) is 37.0 Å². The second kappa shape index (κ2) is 7.28. The average molecular weight is 300 g/mol. The number of carbonyl (C=O) groups excluding carboxylic acids is 1. The molecule has 2 aliphatic rings. The van der Waals surface area contributed by atoms with E-state index in [-0.39, 0.29) is 0 Å². The van der Waals surface area contributed by atoms with Gasteiger partial charge < -0.3 is 10.2 Å². The molecule has 1 aliphatic carbocycles. The molecule has 0 spiro atoms. The fourth-order valence-electron chi connectivity index (χ4n) is 3.73. The first-order valence-electron chi connectivity index (χ1n) is 8.81. The lowest BCUT2D eigenvalue weighted by Crippen LogP contribution is -2.46. The minimum atomic E-state index is 0.326. The molecule has 1 aromatic carbocycles. The molecule has 3 nitrogen and oxygen atoms in total. The van der Waals surface area contributed by atoms with Crippen LogP contribution in [-0.2, 0) is 24.1 Å². The molecular formula is C19H28N2O. The number of benzene rings is 1. The molecule has 1 unspecified atom stereocenters. The number of nitrogens with zero attached hydrogens (tertiary/aromatic N) is 1. The maximum atomic E-state index is 12.3. The van der Waals surface area contributed by atoms with Crippen molar-refractivity contribution in [3.63, 3.8) is 0 Å². The third-order valence-electron chi connectivity index (χ3n) is 4.99. The summed E-state index contributed by atoms with van der Waals surface area (Å²) in [6.07, 6.45) is 6.83. The van der Waals surface area contributed by atoms with Gasteiger partial charge in [0.05, 0.1) is 0 Å². The first kappa shape index (κ1) is 15.5. The second-order valence-electron chi connectivity index (χ2n) is 6.95. The highest BCUT2D eigenvalue weighted by Gasteiger charge is 2.19. The molecule has 1 aliphatic heterocycles. The minimum Gasteiger partial charge on any atom is -0.340 e. The summed E-state index contributed by atoms with van der Waals surface area (Å²) >= 11 is 0. The van der Waals surface area contributed by atoms with Gasteiger partial charge in [0, 0.05) is 32.6 Å². The summed E-state index contributed by atoms with van der Waals surface area (Å²) < 4.78 is 0. The van der Waals surface area contributed by atoms with Crippen LogP contribution in [0.4, 0.5) is 0 Å². The number of nitrogens with one attached hydrogen (secondary N) is 1. The molecule has 3 rings (SSSR count). The van der Waals surface area contributed by atoms with Gasteiger partial charge in [0.2, 0.25) is 5.91 Å². The zero-order chi connectivity index (χ0) is 15.4. The molecule has 22 heavy (non-hydrogen) atoms. The van der Waals surface area contributed by atoms with Crippen molar-refractivity contribution in [2.24, 2.45) is 5.92 Å². The Balaban J connectivity index is 1.54. The maximum absolute atomic E-state index is 12.3. The van der Waals surface area contributed by atoms with Crippen molar-refractivity contribution in [3.8, 4) is 0 Å². The van der Waals surface area contributed by atoms with E-state index in [1.807, 2.05) is 4.90 Å². The van der Waals surface area contributed by atoms with Gasteiger partial charge in [-0.15, -0.1) is 0 Å². The number of rotatable bonds is 4. The van der Waals surface area contributed by atoms with Crippen LogP contribution in [0.5, 0.6) is 0 Å². The molecule has 1 fully saturated rings. The molecule has 0 aromatic heterocycles. The van der Waals surface area contributed by atoms with Crippen molar-refractivity contribution >= 4 is 5.91 Å². The summed E-state index contributed by atoms with van der Waals surface area (Å²) in [4.78, 5) is 14.3. The van der Waals surface area contributed by atoms with E-state index in [0.717, 1.165) is 32.6 Å². The van der Waals surface area contributed by atoms with E-state index in [4.69, 9.17) is 0 Å². The molecule has 1 heterocycles. The Hall–Kier alpha value is -1.35. The number of piperazine rings is 1. The van der Waals surface area contributed by atoms with Crippen molar-refractivity contribution in [2.75, 3.05) is 26.2 Å². The summed E-state index contributed by atoms with van der Waals surface area (Å²) in [6.45, 7) is 5.81. The Kier molecular flexibility index (Phi) is 5.14. The van der Waals surface area contributed by atoms with E-state index in [1.54, 1.807) is 11.1 Å². The molecule has 0 radical (unpaired) electrons. The number of hydrogen-bond acceptors (Lipinski definition) is 2. The first-order valence-corrected chi connectivity index (χ1v) is 8.81. The van der Waals surface area contributed by atoms with E-state index in [9.17, 15) is 4.79 Å². The number of aryl methyl sites for hydroxylation is 2. The van der Waals surface area contributed by atoms with Crippen molar-refractivity contribution < 1.29 is 4.79 Å². The van der Waals surface area contributed by atoms with E-state index in [2.05, 4.69) is 30.4 Å². The summed E-state index contributed by atoms with van der Waals surface area (Å²) in [5, 5.41) is 3.30.